The van der Waals surface area contributed by atoms with Crippen LogP contribution >= 0.6 is 0 Å². The lowest BCUT2D eigenvalue weighted by molar-refractivity contribution is -0.187. The maximum Gasteiger partial charge on any atom is 0.394 e. The summed E-state index contributed by atoms with van der Waals surface area (Å²) in [5.74, 6) is -2.51. The van der Waals surface area contributed by atoms with Gasteiger partial charge < -0.3 is 4.74 Å². The molecule has 2 atom stereocenters. The zero-order valence-electron chi connectivity index (χ0n) is 8.52. The van der Waals surface area contributed by atoms with Gasteiger partial charge in [-0.1, -0.05) is 20.8 Å². The summed E-state index contributed by atoms with van der Waals surface area (Å²) in [4.78, 5) is 11.0. The van der Waals surface area contributed by atoms with Crippen molar-refractivity contribution in [2.75, 3.05) is 6.61 Å². The molecular weight excluding hydrogens is 197 g/mol. The predicted molar refractivity (Wildman–Crippen MR) is 45.6 cm³/mol. The first-order valence-electron chi connectivity index (χ1n) is 4.52. The molecule has 14 heavy (non-hydrogen) atoms. The van der Waals surface area contributed by atoms with Crippen molar-refractivity contribution in [1.29, 1.82) is 0 Å². The zero-order chi connectivity index (χ0) is 11.4. The Labute approximate surface area is 81.4 Å². The Hall–Kier alpha value is -0.740. The van der Waals surface area contributed by atoms with Gasteiger partial charge in [-0.2, -0.15) is 13.2 Å². The number of esters is 1. The Bertz CT molecular complexity index is 189. The number of rotatable bonds is 4. The van der Waals surface area contributed by atoms with Gasteiger partial charge in [0.05, 0.1) is 11.8 Å². The van der Waals surface area contributed by atoms with Crippen molar-refractivity contribution in [3.63, 3.8) is 0 Å². The Morgan fingerprint density at radius 1 is 1.36 bits per heavy atom. The third-order valence-electron chi connectivity index (χ3n) is 2.05. The van der Waals surface area contributed by atoms with E-state index in [0.717, 1.165) is 6.92 Å². The minimum Gasteiger partial charge on any atom is -0.465 e. The average Bonchev–Trinajstić information content (AvgIpc) is 2.10. The van der Waals surface area contributed by atoms with Gasteiger partial charge in [0, 0.05) is 0 Å². The van der Waals surface area contributed by atoms with Crippen LogP contribution in [0.1, 0.15) is 27.2 Å². The van der Waals surface area contributed by atoms with Crippen LogP contribution in [0.3, 0.4) is 0 Å². The second-order valence-corrected chi connectivity index (χ2v) is 3.38. The van der Waals surface area contributed by atoms with Crippen molar-refractivity contribution in [3.8, 4) is 0 Å². The quantitative estimate of drug-likeness (QED) is 0.670. The van der Waals surface area contributed by atoms with Gasteiger partial charge >= 0.3 is 12.1 Å². The van der Waals surface area contributed by atoms with E-state index >= 15 is 0 Å². The first-order chi connectivity index (χ1) is 6.29. The Kier molecular flexibility index (Phi) is 4.94. The normalized spacial score (nSPS) is 16.1. The number of alkyl halides is 3. The van der Waals surface area contributed by atoms with Gasteiger partial charge in [-0.25, -0.2) is 0 Å². The van der Waals surface area contributed by atoms with Gasteiger partial charge in [0.1, 0.15) is 6.61 Å². The molecule has 0 aliphatic heterocycles. The van der Waals surface area contributed by atoms with Gasteiger partial charge in [0.15, 0.2) is 0 Å². The lowest BCUT2D eigenvalue weighted by Crippen LogP contribution is -2.27. The Balaban J connectivity index is 3.89. The van der Waals surface area contributed by atoms with Crippen molar-refractivity contribution in [1.82, 2.24) is 0 Å². The smallest absolute Gasteiger partial charge is 0.394 e. The molecule has 0 aliphatic rings. The minimum absolute atomic E-state index is 0.338. The first kappa shape index (κ1) is 13.3. The van der Waals surface area contributed by atoms with E-state index in [4.69, 9.17) is 0 Å². The summed E-state index contributed by atoms with van der Waals surface area (Å²) in [6, 6.07) is 0. The minimum atomic E-state index is -4.30. The summed E-state index contributed by atoms with van der Waals surface area (Å²) in [6.45, 7) is 3.80. The number of carbonyl (C=O) groups excluding carboxylic acids is 1. The number of carbonyl (C=O) groups is 1. The molecule has 2 nitrogen and oxygen atoms in total. The molecule has 0 spiro atoms. The SMILES string of the molecule is CCC(C)C(=O)OCC(C)C(F)(F)F. The molecule has 0 rings (SSSR count). The van der Waals surface area contributed by atoms with E-state index in [-0.39, 0.29) is 5.92 Å². The van der Waals surface area contributed by atoms with Crippen LogP contribution in [0.2, 0.25) is 0 Å². The van der Waals surface area contributed by atoms with Crippen LogP contribution in [0, 0.1) is 11.8 Å². The lowest BCUT2D eigenvalue weighted by Gasteiger charge is -2.16. The van der Waals surface area contributed by atoms with Gasteiger partial charge in [-0.3, -0.25) is 4.79 Å². The number of hydrogen-bond donors (Lipinski definition) is 0. The molecule has 0 aromatic carbocycles. The molecule has 0 bridgehead atoms. The molecule has 0 aromatic heterocycles. The largest absolute Gasteiger partial charge is 0.465 e. The van der Waals surface area contributed by atoms with Crippen molar-refractivity contribution in [3.05, 3.63) is 0 Å². The third kappa shape index (κ3) is 4.48. The fourth-order valence-electron chi connectivity index (χ4n) is 0.611. The molecule has 0 saturated heterocycles. The zero-order valence-corrected chi connectivity index (χ0v) is 8.52. The molecule has 84 valence electrons. The summed E-state index contributed by atoms with van der Waals surface area (Å²) < 4.78 is 40.5. The van der Waals surface area contributed by atoms with Gasteiger partial charge in [-0.05, 0) is 6.42 Å². The first-order valence-corrected chi connectivity index (χ1v) is 4.52. The van der Waals surface area contributed by atoms with E-state index in [1.54, 1.807) is 13.8 Å². The molecule has 0 fully saturated rings. The molecule has 0 aliphatic carbocycles. The number of ether oxygens (including phenoxy) is 1. The maximum absolute atomic E-state index is 12.0. The molecule has 5 heteroatoms. The highest BCUT2D eigenvalue weighted by Gasteiger charge is 2.36. The molecular formula is C9H15F3O2. The Morgan fingerprint density at radius 2 is 1.86 bits per heavy atom. The summed E-state index contributed by atoms with van der Waals surface area (Å²) in [5.41, 5.74) is 0. The van der Waals surface area contributed by atoms with E-state index in [1.165, 1.54) is 0 Å². The maximum atomic E-state index is 12.0. The fraction of sp³-hybridized carbons (Fsp3) is 0.889. The number of halogens is 3. The van der Waals surface area contributed by atoms with Crippen LogP contribution in [0.5, 0.6) is 0 Å². The van der Waals surface area contributed by atoms with Gasteiger partial charge in [-0.15, -0.1) is 0 Å². The molecule has 0 aromatic rings. The van der Waals surface area contributed by atoms with E-state index < -0.39 is 24.7 Å². The molecule has 2 unspecified atom stereocenters. The van der Waals surface area contributed by atoms with E-state index in [0.29, 0.717) is 6.42 Å². The highest BCUT2D eigenvalue weighted by Crippen LogP contribution is 2.25. The average molecular weight is 212 g/mol. The van der Waals surface area contributed by atoms with Crippen LogP contribution in [0.25, 0.3) is 0 Å². The highest BCUT2D eigenvalue weighted by atomic mass is 19.4. The highest BCUT2D eigenvalue weighted by molar-refractivity contribution is 5.71. The summed E-state index contributed by atoms with van der Waals surface area (Å²) in [5, 5.41) is 0. The van der Waals surface area contributed by atoms with Gasteiger partial charge in [0.2, 0.25) is 0 Å². The van der Waals surface area contributed by atoms with Crippen molar-refractivity contribution in [2.45, 2.75) is 33.4 Å². The Morgan fingerprint density at radius 3 is 2.21 bits per heavy atom. The van der Waals surface area contributed by atoms with Crippen LogP contribution in [0.4, 0.5) is 13.2 Å². The second kappa shape index (κ2) is 5.22. The number of hydrogen-bond acceptors (Lipinski definition) is 2. The fourth-order valence-corrected chi connectivity index (χ4v) is 0.611. The molecule has 0 heterocycles. The molecule has 0 amide bonds. The van der Waals surface area contributed by atoms with Crippen LogP contribution in [-0.2, 0) is 9.53 Å². The summed E-state index contributed by atoms with van der Waals surface area (Å²) in [7, 11) is 0. The standard InChI is InChI=1S/C9H15F3O2/c1-4-6(2)8(13)14-5-7(3)9(10,11)12/h6-7H,4-5H2,1-3H3. The van der Waals surface area contributed by atoms with Crippen LogP contribution in [-0.4, -0.2) is 18.8 Å². The summed E-state index contributed by atoms with van der Waals surface area (Å²) >= 11 is 0. The van der Waals surface area contributed by atoms with Crippen LogP contribution in [0.15, 0.2) is 0 Å². The molecule has 0 radical (unpaired) electrons. The van der Waals surface area contributed by atoms with Crippen LogP contribution < -0.4 is 0 Å². The summed E-state index contributed by atoms with van der Waals surface area (Å²) in [6.07, 6.45) is -3.73. The van der Waals surface area contributed by atoms with E-state index in [2.05, 4.69) is 4.74 Å². The third-order valence-corrected chi connectivity index (χ3v) is 2.05. The van der Waals surface area contributed by atoms with E-state index in [1.807, 2.05) is 0 Å². The monoisotopic (exact) mass is 212 g/mol. The topological polar surface area (TPSA) is 26.3 Å². The van der Waals surface area contributed by atoms with Crippen molar-refractivity contribution < 1.29 is 22.7 Å². The predicted octanol–water partition coefficient (Wildman–Crippen LogP) is 2.77. The van der Waals surface area contributed by atoms with E-state index in [9.17, 15) is 18.0 Å². The van der Waals surface area contributed by atoms with Crippen molar-refractivity contribution in [2.24, 2.45) is 11.8 Å². The van der Waals surface area contributed by atoms with Crippen molar-refractivity contribution >= 4 is 5.97 Å². The van der Waals surface area contributed by atoms with Gasteiger partial charge in [0.25, 0.3) is 0 Å². The lowest BCUT2D eigenvalue weighted by atomic mass is 10.1. The molecule has 0 saturated carbocycles. The molecule has 0 N–H and O–H groups in total. The second-order valence-electron chi connectivity index (χ2n) is 3.38.